The van der Waals surface area contributed by atoms with E-state index in [0.717, 1.165) is 36.8 Å². The highest BCUT2D eigenvalue weighted by molar-refractivity contribution is 5.79. The number of ether oxygens (including phenoxy) is 2. The van der Waals surface area contributed by atoms with Crippen molar-refractivity contribution in [3.63, 3.8) is 0 Å². The number of aliphatic hydroxyl groups is 1. The van der Waals surface area contributed by atoms with Crippen LogP contribution in [0.3, 0.4) is 0 Å². The van der Waals surface area contributed by atoms with Gasteiger partial charge in [0.25, 0.3) is 0 Å². The van der Waals surface area contributed by atoms with E-state index < -0.39 is 6.10 Å². The average molecular weight is 459 g/mol. The van der Waals surface area contributed by atoms with Crippen molar-refractivity contribution in [1.29, 1.82) is 0 Å². The second kappa shape index (κ2) is 11.8. The summed E-state index contributed by atoms with van der Waals surface area (Å²) >= 11 is 0. The van der Waals surface area contributed by atoms with Crippen molar-refractivity contribution in [1.82, 2.24) is 0 Å². The van der Waals surface area contributed by atoms with Gasteiger partial charge in [-0.3, -0.25) is 4.79 Å². The number of carbonyl (C=O) groups excluding carboxylic acids is 1. The Kier molecular flexibility index (Phi) is 8.83. The fourth-order valence-corrected chi connectivity index (χ4v) is 4.21. The molecule has 1 atom stereocenters. The molecule has 7 heteroatoms. The lowest BCUT2D eigenvalue weighted by atomic mass is 9.97. The Balaban J connectivity index is 1.48. The molecular formula is C26H34O7. The van der Waals surface area contributed by atoms with Crippen LogP contribution in [0.4, 0.5) is 0 Å². The van der Waals surface area contributed by atoms with Gasteiger partial charge in [0.15, 0.2) is 23.0 Å². The van der Waals surface area contributed by atoms with Crippen molar-refractivity contribution >= 4 is 5.78 Å². The van der Waals surface area contributed by atoms with Crippen LogP contribution in [0, 0.1) is 0 Å². The highest BCUT2D eigenvalue weighted by Crippen LogP contribution is 2.39. The zero-order chi connectivity index (χ0) is 23.8. The fourth-order valence-electron chi connectivity index (χ4n) is 4.21. The number of aromatic hydroxyl groups is 3. The van der Waals surface area contributed by atoms with Crippen molar-refractivity contribution < 1.29 is 34.7 Å². The van der Waals surface area contributed by atoms with Gasteiger partial charge in [0.2, 0.25) is 5.75 Å². The fraction of sp³-hybridized carbons (Fsp3) is 0.500. The first-order valence-corrected chi connectivity index (χ1v) is 11.6. The molecule has 1 aliphatic rings. The SMILES string of the molecule is COc1cc(CCC(=O)CC(O)CCc2cc(O)c(O)c(OC3CCCCC3)c2)ccc1O. The Labute approximate surface area is 194 Å². The molecule has 1 unspecified atom stereocenters. The molecule has 1 saturated carbocycles. The van der Waals surface area contributed by atoms with Gasteiger partial charge in [-0.25, -0.2) is 0 Å². The highest BCUT2D eigenvalue weighted by atomic mass is 16.5. The van der Waals surface area contributed by atoms with Crippen LogP contribution in [-0.2, 0) is 17.6 Å². The molecule has 180 valence electrons. The van der Waals surface area contributed by atoms with Gasteiger partial charge in [0.05, 0.1) is 19.3 Å². The Morgan fingerprint density at radius 2 is 1.70 bits per heavy atom. The average Bonchev–Trinajstić information content (AvgIpc) is 2.81. The third-order valence-electron chi connectivity index (χ3n) is 6.13. The maximum absolute atomic E-state index is 12.3. The Morgan fingerprint density at radius 3 is 2.42 bits per heavy atom. The Morgan fingerprint density at radius 1 is 0.970 bits per heavy atom. The number of Topliss-reactive ketones (excluding diaryl/α,β-unsaturated/α-hetero) is 1. The molecule has 0 amide bonds. The van der Waals surface area contributed by atoms with Gasteiger partial charge in [-0.2, -0.15) is 0 Å². The minimum Gasteiger partial charge on any atom is -0.504 e. The highest BCUT2D eigenvalue weighted by Gasteiger charge is 2.19. The number of phenolic OH excluding ortho intramolecular Hbond substituents is 3. The van der Waals surface area contributed by atoms with Gasteiger partial charge in [-0.15, -0.1) is 0 Å². The zero-order valence-corrected chi connectivity index (χ0v) is 19.1. The van der Waals surface area contributed by atoms with Crippen LogP contribution >= 0.6 is 0 Å². The Bertz CT molecular complexity index is 934. The molecule has 0 bridgehead atoms. The zero-order valence-electron chi connectivity index (χ0n) is 19.1. The van der Waals surface area contributed by atoms with Gasteiger partial charge < -0.3 is 29.9 Å². The van der Waals surface area contributed by atoms with Crippen molar-refractivity contribution in [2.45, 2.75) is 76.4 Å². The number of aliphatic hydroxyl groups excluding tert-OH is 1. The summed E-state index contributed by atoms with van der Waals surface area (Å²) in [4.78, 5) is 12.3. The predicted molar refractivity (Wildman–Crippen MR) is 124 cm³/mol. The number of methoxy groups -OCH3 is 1. The molecule has 7 nitrogen and oxygen atoms in total. The van der Waals surface area contributed by atoms with E-state index in [1.54, 1.807) is 18.2 Å². The molecule has 4 N–H and O–H groups in total. The standard InChI is InChI=1S/C26H34O7/c1-32-24-14-17(9-12-22(24)29)7-10-19(27)16-20(28)11-8-18-13-23(30)26(31)25(15-18)33-21-5-3-2-4-6-21/h9,12-15,20-21,28-31H,2-8,10-11,16H2,1H3. The van der Waals surface area contributed by atoms with Crippen molar-refractivity contribution in [2.24, 2.45) is 0 Å². The summed E-state index contributed by atoms with van der Waals surface area (Å²) in [5, 5.41) is 40.2. The molecule has 2 aromatic carbocycles. The minimum atomic E-state index is -0.800. The number of phenols is 3. The predicted octanol–water partition coefficient (Wildman–Crippen LogP) is 4.41. The van der Waals surface area contributed by atoms with Crippen LogP contribution in [0.15, 0.2) is 30.3 Å². The molecule has 0 aliphatic heterocycles. The van der Waals surface area contributed by atoms with Gasteiger partial charge in [0, 0.05) is 12.8 Å². The topological polar surface area (TPSA) is 116 Å². The summed E-state index contributed by atoms with van der Waals surface area (Å²) < 4.78 is 11.0. The third kappa shape index (κ3) is 7.29. The third-order valence-corrected chi connectivity index (χ3v) is 6.13. The number of hydrogen-bond donors (Lipinski definition) is 4. The largest absolute Gasteiger partial charge is 0.504 e. The van der Waals surface area contributed by atoms with E-state index in [2.05, 4.69) is 0 Å². The molecule has 0 radical (unpaired) electrons. The van der Waals surface area contributed by atoms with Crippen molar-refractivity contribution in [2.75, 3.05) is 7.11 Å². The van der Waals surface area contributed by atoms with Crippen molar-refractivity contribution in [3.05, 3.63) is 41.5 Å². The van der Waals surface area contributed by atoms with Gasteiger partial charge >= 0.3 is 0 Å². The van der Waals surface area contributed by atoms with Crippen LogP contribution < -0.4 is 9.47 Å². The lowest BCUT2D eigenvalue weighted by molar-refractivity contribution is -0.121. The number of ketones is 1. The van der Waals surface area contributed by atoms with Crippen LogP contribution in [-0.4, -0.2) is 45.5 Å². The van der Waals surface area contributed by atoms with E-state index in [9.17, 15) is 25.2 Å². The summed E-state index contributed by atoms with van der Waals surface area (Å²) in [5.41, 5.74) is 1.61. The monoisotopic (exact) mass is 458 g/mol. The lowest BCUT2D eigenvalue weighted by Crippen LogP contribution is -2.19. The summed E-state index contributed by atoms with van der Waals surface area (Å²) in [6, 6.07) is 8.15. The smallest absolute Gasteiger partial charge is 0.200 e. The molecule has 2 aromatic rings. The number of carbonyl (C=O) groups is 1. The summed E-state index contributed by atoms with van der Waals surface area (Å²) in [5.74, 6) is 0.134. The van der Waals surface area contributed by atoms with Crippen LogP contribution in [0.25, 0.3) is 0 Å². The van der Waals surface area contributed by atoms with E-state index in [4.69, 9.17) is 9.47 Å². The van der Waals surface area contributed by atoms with Crippen LogP contribution in [0.1, 0.15) is 62.5 Å². The number of aryl methyl sites for hydroxylation is 2. The van der Waals surface area contributed by atoms with E-state index in [1.165, 1.54) is 25.7 Å². The first kappa shape index (κ1) is 24.7. The molecule has 3 rings (SSSR count). The summed E-state index contributed by atoms with van der Waals surface area (Å²) in [7, 11) is 1.47. The number of benzene rings is 2. The number of hydrogen-bond acceptors (Lipinski definition) is 7. The first-order valence-electron chi connectivity index (χ1n) is 11.6. The van der Waals surface area contributed by atoms with Crippen molar-refractivity contribution in [3.8, 4) is 28.7 Å². The van der Waals surface area contributed by atoms with Crippen LogP contribution in [0.2, 0.25) is 0 Å². The lowest BCUT2D eigenvalue weighted by Gasteiger charge is -2.24. The Hall–Kier alpha value is -2.93. The maximum atomic E-state index is 12.3. The number of rotatable bonds is 11. The molecule has 0 heterocycles. The maximum Gasteiger partial charge on any atom is 0.200 e. The van der Waals surface area contributed by atoms with Crippen LogP contribution in [0.5, 0.6) is 28.7 Å². The molecule has 0 aromatic heterocycles. The molecule has 0 spiro atoms. The second-order valence-corrected chi connectivity index (χ2v) is 8.78. The minimum absolute atomic E-state index is 0.0380. The molecule has 1 aliphatic carbocycles. The van der Waals surface area contributed by atoms with E-state index in [1.807, 2.05) is 0 Å². The normalized spacial score (nSPS) is 15.2. The summed E-state index contributed by atoms with van der Waals surface area (Å²) in [6.45, 7) is 0. The van der Waals surface area contributed by atoms with Gasteiger partial charge in [-0.1, -0.05) is 12.5 Å². The molecule has 33 heavy (non-hydrogen) atoms. The quantitative estimate of drug-likeness (QED) is 0.369. The molecular weight excluding hydrogens is 424 g/mol. The van der Waals surface area contributed by atoms with Gasteiger partial charge in [0.1, 0.15) is 5.78 Å². The molecule has 0 saturated heterocycles. The first-order chi connectivity index (χ1) is 15.9. The van der Waals surface area contributed by atoms with E-state index >= 15 is 0 Å². The molecule has 1 fully saturated rings. The van der Waals surface area contributed by atoms with Gasteiger partial charge in [-0.05, 0) is 80.3 Å². The second-order valence-electron chi connectivity index (χ2n) is 8.78. The van der Waals surface area contributed by atoms with E-state index in [-0.39, 0.29) is 47.7 Å². The summed E-state index contributed by atoms with van der Waals surface area (Å²) in [6.07, 6.45) is 6.10. The van der Waals surface area contributed by atoms with E-state index in [0.29, 0.717) is 25.0 Å².